The molecule has 0 aliphatic heterocycles. The monoisotopic (exact) mass is 287 g/mol. The molecule has 0 amide bonds. The lowest BCUT2D eigenvalue weighted by Gasteiger charge is -2.23. The van der Waals surface area contributed by atoms with Gasteiger partial charge in [-0.1, -0.05) is 45.0 Å². The average molecular weight is 287 g/mol. The average Bonchev–Trinajstić information content (AvgIpc) is 2.42. The molecule has 2 aromatic rings. The van der Waals surface area contributed by atoms with Gasteiger partial charge in [-0.15, -0.1) is 0 Å². The summed E-state index contributed by atoms with van der Waals surface area (Å²) in [5.74, 6) is 1.03. The standard InChI is InChI=1S/C18H22FNO/c1-18(2,3)14-7-4-5-9-17(14)21-16-10-6-8-15(19)13(16)11-12-20/h4-10H,11-12,20H2,1-3H3. The number of rotatable bonds is 4. The first kappa shape index (κ1) is 15.5. The molecular formula is C18H22FNO. The van der Waals surface area contributed by atoms with Gasteiger partial charge in [-0.05, 0) is 36.6 Å². The van der Waals surface area contributed by atoms with Crippen LogP contribution < -0.4 is 10.5 Å². The maximum Gasteiger partial charge on any atom is 0.133 e. The SMILES string of the molecule is CC(C)(C)c1ccccc1Oc1cccc(F)c1CCN. The minimum absolute atomic E-state index is 0.0437. The van der Waals surface area contributed by atoms with Gasteiger partial charge in [-0.2, -0.15) is 0 Å². The predicted octanol–water partition coefficient (Wildman–Crippen LogP) is 4.42. The summed E-state index contributed by atoms with van der Waals surface area (Å²) in [4.78, 5) is 0. The van der Waals surface area contributed by atoms with E-state index in [9.17, 15) is 4.39 Å². The van der Waals surface area contributed by atoms with Gasteiger partial charge in [-0.3, -0.25) is 0 Å². The van der Waals surface area contributed by atoms with Gasteiger partial charge < -0.3 is 10.5 Å². The fourth-order valence-corrected chi connectivity index (χ4v) is 2.32. The number of halogens is 1. The molecule has 2 rings (SSSR count). The molecule has 0 bridgehead atoms. The number of hydrogen-bond acceptors (Lipinski definition) is 2. The van der Waals surface area contributed by atoms with E-state index in [1.165, 1.54) is 6.07 Å². The van der Waals surface area contributed by atoms with Gasteiger partial charge in [0.1, 0.15) is 17.3 Å². The van der Waals surface area contributed by atoms with Crippen LogP contribution in [0.4, 0.5) is 4.39 Å². The van der Waals surface area contributed by atoms with E-state index in [2.05, 4.69) is 20.8 Å². The van der Waals surface area contributed by atoms with Crippen LogP contribution in [0.25, 0.3) is 0 Å². The van der Waals surface area contributed by atoms with Crippen molar-refractivity contribution in [2.75, 3.05) is 6.54 Å². The molecule has 3 heteroatoms. The Kier molecular flexibility index (Phi) is 4.63. The summed E-state index contributed by atoms with van der Waals surface area (Å²) >= 11 is 0. The number of hydrogen-bond donors (Lipinski definition) is 1. The second kappa shape index (κ2) is 6.27. The van der Waals surface area contributed by atoms with Crippen molar-refractivity contribution in [2.24, 2.45) is 5.73 Å². The first-order valence-corrected chi connectivity index (χ1v) is 7.18. The molecule has 0 aromatic heterocycles. The molecule has 0 spiro atoms. The summed E-state index contributed by atoms with van der Waals surface area (Å²) in [6.07, 6.45) is 0.458. The van der Waals surface area contributed by atoms with E-state index >= 15 is 0 Å². The fourth-order valence-electron chi connectivity index (χ4n) is 2.32. The van der Waals surface area contributed by atoms with Crippen molar-refractivity contribution >= 4 is 0 Å². The lowest BCUT2D eigenvalue weighted by atomic mass is 9.86. The highest BCUT2D eigenvalue weighted by atomic mass is 19.1. The lowest BCUT2D eigenvalue weighted by Crippen LogP contribution is -2.13. The zero-order valence-corrected chi connectivity index (χ0v) is 12.8. The van der Waals surface area contributed by atoms with Crippen molar-refractivity contribution in [1.82, 2.24) is 0 Å². The van der Waals surface area contributed by atoms with Crippen LogP contribution in [0.5, 0.6) is 11.5 Å². The Morgan fingerprint density at radius 3 is 2.33 bits per heavy atom. The molecule has 112 valence electrons. The summed E-state index contributed by atoms with van der Waals surface area (Å²) in [5.41, 5.74) is 7.15. The smallest absolute Gasteiger partial charge is 0.133 e. The maximum atomic E-state index is 13.9. The molecule has 0 saturated carbocycles. The Bertz CT molecular complexity index is 617. The Morgan fingerprint density at radius 1 is 1.00 bits per heavy atom. The van der Waals surface area contributed by atoms with Gasteiger partial charge in [-0.25, -0.2) is 4.39 Å². The number of benzene rings is 2. The molecule has 0 aliphatic carbocycles. The summed E-state index contributed by atoms with van der Waals surface area (Å²) in [6.45, 7) is 6.77. The largest absolute Gasteiger partial charge is 0.457 e. The normalized spacial score (nSPS) is 11.5. The fraction of sp³-hybridized carbons (Fsp3) is 0.333. The molecule has 0 atom stereocenters. The van der Waals surface area contributed by atoms with E-state index in [0.29, 0.717) is 24.3 Å². The van der Waals surface area contributed by atoms with Crippen molar-refractivity contribution in [1.29, 1.82) is 0 Å². The number of ether oxygens (including phenoxy) is 1. The van der Waals surface area contributed by atoms with Crippen molar-refractivity contribution < 1.29 is 9.13 Å². The summed E-state index contributed by atoms with van der Waals surface area (Å²) in [7, 11) is 0. The second-order valence-electron chi connectivity index (χ2n) is 6.10. The van der Waals surface area contributed by atoms with Crippen LogP contribution in [0.2, 0.25) is 0 Å². The topological polar surface area (TPSA) is 35.2 Å². The van der Waals surface area contributed by atoms with Crippen molar-refractivity contribution in [3.05, 3.63) is 59.4 Å². The van der Waals surface area contributed by atoms with E-state index in [0.717, 1.165) is 11.3 Å². The summed E-state index contributed by atoms with van der Waals surface area (Å²) in [6, 6.07) is 12.7. The molecule has 2 aromatic carbocycles. The first-order valence-electron chi connectivity index (χ1n) is 7.18. The van der Waals surface area contributed by atoms with Gasteiger partial charge in [0.15, 0.2) is 0 Å². The van der Waals surface area contributed by atoms with Gasteiger partial charge in [0, 0.05) is 11.1 Å². The van der Waals surface area contributed by atoms with Crippen molar-refractivity contribution in [3.8, 4) is 11.5 Å². The molecular weight excluding hydrogens is 265 g/mol. The predicted molar refractivity (Wildman–Crippen MR) is 84.4 cm³/mol. The second-order valence-corrected chi connectivity index (χ2v) is 6.10. The third-order valence-electron chi connectivity index (χ3n) is 3.39. The highest BCUT2D eigenvalue weighted by molar-refractivity contribution is 5.44. The van der Waals surface area contributed by atoms with Crippen LogP contribution in [-0.2, 0) is 11.8 Å². The zero-order valence-electron chi connectivity index (χ0n) is 12.8. The number of para-hydroxylation sites is 1. The summed E-state index contributed by atoms with van der Waals surface area (Å²) < 4.78 is 19.9. The van der Waals surface area contributed by atoms with Crippen molar-refractivity contribution in [3.63, 3.8) is 0 Å². The first-order chi connectivity index (χ1) is 9.93. The van der Waals surface area contributed by atoms with Crippen molar-refractivity contribution in [2.45, 2.75) is 32.6 Å². The van der Waals surface area contributed by atoms with Crippen LogP contribution in [-0.4, -0.2) is 6.54 Å². The Labute approximate surface area is 125 Å². The molecule has 0 unspecified atom stereocenters. The molecule has 0 saturated heterocycles. The van der Waals surface area contributed by atoms with Crippen LogP contribution in [0.3, 0.4) is 0 Å². The van der Waals surface area contributed by atoms with E-state index in [4.69, 9.17) is 10.5 Å². The minimum Gasteiger partial charge on any atom is -0.457 e. The van der Waals surface area contributed by atoms with E-state index in [-0.39, 0.29) is 11.2 Å². The quantitative estimate of drug-likeness (QED) is 0.903. The van der Waals surface area contributed by atoms with Crippen LogP contribution >= 0.6 is 0 Å². The Hall–Kier alpha value is -1.87. The molecule has 0 heterocycles. The molecule has 0 aliphatic rings. The molecule has 2 nitrogen and oxygen atoms in total. The van der Waals surface area contributed by atoms with Gasteiger partial charge >= 0.3 is 0 Å². The summed E-state index contributed by atoms with van der Waals surface area (Å²) in [5, 5.41) is 0. The highest BCUT2D eigenvalue weighted by Crippen LogP contribution is 2.35. The third-order valence-corrected chi connectivity index (χ3v) is 3.39. The Morgan fingerprint density at radius 2 is 1.67 bits per heavy atom. The third kappa shape index (κ3) is 3.61. The van der Waals surface area contributed by atoms with E-state index in [1.807, 2.05) is 24.3 Å². The van der Waals surface area contributed by atoms with E-state index in [1.54, 1.807) is 12.1 Å². The molecule has 0 fully saturated rings. The maximum absolute atomic E-state index is 13.9. The minimum atomic E-state index is -0.272. The van der Waals surface area contributed by atoms with Gasteiger partial charge in [0.25, 0.3) is 0 Å². The van der Waals surface area contributed by atoms with Crippen LogP contribution in [0, 0.1) is 5.82 Å². The van der Waals surface area contributed by atoms with Gasteiger partial charge in [0.2, 0.25) is 0 Å². The van der Waals surface area contributed by atoms with E-state index < -0.39 is 0 Å². The van der Waals surface area contributed by atoms with Gasteiger partial charge in [0.05, 0.1) is 0 Å². The Balaban J connectivity index is 2.42. The molecule has 0 radical (unpaired) electrons. The van der Waals surface area contributed by atoms with Crippen LogP contribution in [0.1, 0.15) is 31.9 Å². The van der Waals surface area contributed by atoms with Crippen LogP contribution in [0.15, 0.2) is 42.5 Å². The molecule has 2 N–H and O–H groups in total. The molecule has 21 heavy (non-hydrogen) atoms. The zero-order chi connectivity index (χ0) is 15.5. The lowest BCUT2D eigenvalue weighted by molar-refractivity contribution is 0.444. The highest BCUT2D eigenvalue weighted by Gasteiger charge is 2.19. The number of nitrogens with two attached hydrogens (primary N) is 1.